The van der Waals surface area contributed by atoms with Crippen molar-refractivity contribution in [3.63, 3.8) is 0 Å². The number of carbonyl (C=O) groups is 3. The smallest absolute Gasteiger partial charge is 0.328 e. The van der Waals surface area contributed by atoms with Crippen LogP contribution in [0.15, 0.2) is 24.3 Å². The van der Waals surface area contributed by atoms with Crippen LogP contribution in [-0.4, -0.2) is 91.6 Å². The van der Waals surface area contributed by atoms with E-state index in [1.165, 1.54) is 7.11 Å². The molecule has 0 bridgehead atoms. The van der Waals surface area contributed by atoms with Crippen LogP contribution >= 0.6 is 0 Å². The van der Waals surface area contributed by atoms with Crippen molar-refractivity contribution in [3.05, 3.63) is 35.4 Å². The van der Waals surface area contributed by atoms with Gasteiger partial charge < -0.3 is 19.3 Å². The Hall–Kier alpha value is -2.45. The number of fused-ring (bicyclic) bond motifs is 1. The second-order valence-electron chi connectivity index (χ2n) is 8.55. The summed E-state index contributed by atoms with van der Waals surface area (Å²) in [5.41, 5.74) is 2.14. The highest BCUT2D eigenvalue weighted by molar-refractivity contribution is 5.86. The van der Waals surface area contributed by atoms with E-state index in [9.17, 15) is 14.4 Å². The molecule has 2 fully saturated rings. The second kappa shape index (κ2) is 9.78. The van der Waals surface area contributed by atoms with Gasteiger partial charge in [-0.05, 0) is 30.5 Å². The summed E-state index contributed by atoms with van der Waals surface area (Å²) in [7, 11) is 1.36. The van der Waals surface area contributed by atoms with Gasteiger partial charge in [0.25, 0.3) is 0 Å². The fourth-order valence-corrected chi connectivity index (χ4v) is 4.86. The number of carbonyl (C=O) groups excluding carboxylic acids is 3. The Labute approximate surface area is 183 Å². The van der Waals surface area contributed by atoms with Gasteiger partial charge in [-0.15, -0.1) is 0 Å². The Kier molecular flexibility index (Phi) is 6.87. The summed E-state index contributed by atoms with van der Waals surface area (Å²) in [5.74, 6) is -0.399. The molecule has 8 heteroatoms. The lowest BCUT2D eigenvalue weighted by Crippen LogP contribution is -2.54. The average molecular weight is 430 g/mol. The van der Waals surface area contributed by atoms with Crippen molar-refractivity contribution in [2.45, 2.75) is 31.8 Å². The topological polar surface area (TPSA) is 79.4 Å². The molecule has 4 rings (SSSR count). The average Bonchev–Trinajstić information content (AvgIpc) is 2.83. The van der Waals surface area contributed by atoms with Gasteiger partial charge >= 0.3 is 5.97 Å². The maximum absolute atomic E-state index is 13.2. The summed E-state index contributed by atoms with van der Waals surface area (Å²) in [4.78, 5) is 44.1. The lowest BCUT2D eigenvalue weighted by Gasteiger charge is -2.39. The molecule has 3 aliphatic heterocycles. The molecule has 0 aromatic heterocycles. The summed E-state index contributed by atoms with van der Waals surface area (Å²) < 4.78 is 10.3. The number of methoxy groups -OCH3 is 1. The molecular weight excluding hydrogens is 398 g/mol. The molecule has 31 heavy (non-hydrogen) atoms. The molecule has 0 radical (unpaired) electrons. The van der Waals surface area contributed by atoms with Gasteiger partial charge in [0.15, 0.2) is 0 Å². The Morgan fingerprint density at radius 3 is 2.58 bits per heavy atom. The Morgan fingerprint density at radius 2 is 1.84 bits per heavy atom. The van der Waals surface area contributed by atoms with Crippen LogP contribution in [0.2, 0.25) is 0 Å². The molecule has 0 aliphatic carbocycles. The van der Waals surface area contributed by atoms with E-state index in [4.69, 9.17) is 9.47 Å². The summed E-state index contributed by atoms with van der Waals surface area (Å²) in [6.07, 6.45) is 2.20. The number of rotatable bonds is 4. The highest BCUT2D eigenvalue weighted by Crippen LogP contribution is 2.25. The van der Waals surface area contributed by atoms with Crippen molar-refractivity contribution in [1.82, 2.24) is 14.7 Å². The number of hydrogen-bond donors (Lipinski definition) is 0. The molecule has 0 N–H and O–H groups in total. The van der Waals surface area contributed by atoms with Gasteiger partial charge in [-0.25, -0.2) is 4.79 Å². The minimum absolute atomic E-state index is 0.0851. The SMILES string of the molecule is COC(=O)C1Cc2ccccc2CN1C(=O)CN1CCCC(C(=O)N2CCOCC2)C1. The highest BCUT2D eigenvalue weighted by Gasteiger charge is 2.37. The van der Waals surface area contributed by atoms with Crippen LogP contribution in [0.3, 0.4) is 0 Å². The van der Waals surface area contributed by atoms with E-state index in [0.29, 0.717) is 45.8 Å². The van der Waals surface area contributed by atoms with E-state index < -0.39 is 6.04 Å². The molecule has 168 valence electrons. The van der Waals surface area contributed by atoms with E-state index in [1.54, 1.807) is 4.90 Å². The first-order valence-corrected chi connectivity index (χ1v) is 11.1. The number of esters is 1. The summed E-state index contributed by atoms with van der Waals surface area (Å²) in [6, 6.07) is 7.29. The molecule has 2 amide bonds. The van der Waals surface area contributed by atoms with Crippen molar-refractivity contribution < 1.29 is 23.9 Å². The number of piperidine rings is 1. The number of ether oxygens (including phenoxy) is 2. The monoisotopic (exact) mass is 429 g/mol. The van der Waals surface area contributed by atoms with Crippen molar-refractivity contribution in [3.8, 4) is 0 Å². The van der Waals surface area contributed by atoms with E-state index in [0.717, 1.165) is 30.5 Å². The molecule has 0 saturated carbocycles. The van der Waals surface area contributed by atoms with Gasteiger partial charge in [-0.2, -0.15) is 0 Å². The molecule has 1 aromatic carbocycles. The summed E-state index contributed by atoms with van der Waals surface area (Å²) in [6.45, 7) is 4.44. The molecule has 8 nitrogen and oxygen atoms in total. The van der Waals surface area contributed by atoms with Gasteiger partial charge in [0.1, 0.15) is 6.04 Å². The first-order chi connectivity index (χ1) is 15.1. The van der Waals surface area contributed by atoms with Gasteiger partial charge in [0.2, 0.25) is 11.8 Å². The Bertz CT molecular complexity index is 823. The zero-order chi connectivity index (χ0) is 21.8. The number of likely N-dealkylation sites (tertiary alicyclic amines) is 1. The van der Waals surface area contributed by atoms with E-state index >= 15 is 0 Å². The van der Waals surface area contributed by atoms with E-state index in [1.807, 2.05) is 29.2 Å². The van der Waals surface area contributed by atoms with Crippen LogP contribution in [0.5, 0.6) is 0 Å². The van der Waals surface area contributed by atoms with Crippen LogP contribution in [0.4, 0.5) is 0 Å². The quantitative estimate of drug-likeness (QED) is 0.655. The van der Waals surface area contributed by atoms with Crippen LogP contribution < -0.4 is 0 Å². The predicted octanol–water partition coefficient (Wildman–Crippen LogP) is 0.684. The Balaban J connectivity index is 1.41. The van der Waals surface area contributed by atoms with E-state index in [2.05, 4.69) is 4.90 Å². The minimum Gasteiger partial charge on any atom is -0.467 e. The number of hydrogen-bond acceptors (Lipinski definition) is 6. The molecular formula is C23H31N3O5. The number of nitrogens with zero attached hydrogens (tertiary/aromatic N) is 3. The zero-order valence-electron chi connectivity index (χ0n) is 18.1. The number of benzene rings is 1. The van der Waals surface area contributed by atoms with Gasteiger partial charge in [0.05, 0.1) is 32.8 Å². The normalized spacial score (nSPS) is 24.4. The minimum atomic E-state index is -0.608. The van der Waals surface area contributed by atoms with Crippen molar-refractivity contribution in [1.29, 1.82) is 0 Å². The fourth-order valence-electron chi connectivity index (χ4n) is 4.86. The fraction of sp³-hybridized carbons (Fsp3) is 0.609. The molecule has 3 aliphatic rings. The standard InChI is InChI=1S/C23H31N3O5/c1-30-23(29)20-13-17-5-2-3-6-18(17)15-26(20)21(27)16-24-8-4-7-19(14-24)22(28)25-9-11-31-12-10-25/h2-3,5-6,19-20H,4,7-16H2,1H3. The molecule has 2 saturated heterocycles. The van der Waals surface area contributed by atoms with Crippen LogP contribution in [0.1, 0.15) is 24.0 Å². The van der Waals surface area contributed by atoms with Crippen LogP contribution in [0, 0.1) is 5.92 Å². The molecule has 2 atom stereocenters. The maximum atomic E-state index is 13.2. The summed E-state index contributed by atoms with van der Waals surface area (Å²) >= 11 is 0. The molecule has 0 spiro atoms. The van der Waals surface area contributed by atoms with Crippen molar-refractivity contribution in [2.75, 3.05) is 53.0 Å². The number of morpholine rings is 1. The molecule has 3 heterocycles. The first-order valence-electron chi connectivity index (χ1n) is 11.1. The summed E-state index contributed by atoms with van der Waals surface area (Å²) in [5, 5.41) is 0. The van der Waals surface area contributed by atoms with Crippen molar-refractivity contribution in [2.24, 2.45) is 5.92 Å². The second-order valence-corrected chi connectivity index (χ2v) is 8.55. The van der Waals surface area contributed by atoms with Crippen molar-refractivity contribution >= 4 is 17.8 Å². The van der Waals surface area contributed by atoms with Crippen LogP contribution in [-0.2, 0) is 36.8 Å². The Morgan fingerprint density at radius 1 is 1.10 bits per heavy atom. The maximum Gasteiger partial charge on any atom is 0.328 e. The van der Waals surface area contributed by atoms with Gasteiger partial charge in [-0.1, -0.05) is 24.3 Å². The largest absolute Gasteiger partial charge is 0.467 e. The van der Waals surface area contributed by atoms with Gasteiger partial charge in [-0.3, -0.25) is 14.5 Å². The highest BCUT2D eigenvalue weighted by atomic mass is 16.5. The predicted molar refractivity (Wildman–Crippen MR) is 113 cm³/mol. The number of amides is 2. The third-order valence-electron chi connectivity index (χ3n) is 6.58. The first kappa shape index (κ1) is 21.8. The molecule has 2 unspecified atom stereocenters. The lowest BCUT2D eigenvalue weighted by molar-refractivity contribution is -0.154. The lowest BCUT2D eigenvalue weighted by atomic mass is 9.93. The molecule has 1 aromatic rings. The third-order valence-corrected chi connectivity index (χ3v) is 6.58. The van der Waals surface area contributed by atoms with Crippen LogP contribution in [0.25, 0.3) is 0 Å². The van der Waals surface area contributed by atoms with Gasteiger partial charge in [0, 0.05) is 32.6 Å². The van der Waals surface area contributed by atoms with E-state index in [-0.39, 0.29) is 30.2 Å². The third kappa shape index (κ3) is 4.91. The zero-order valence-corrected chi connectivity index (χ0v) is 18.1.